The molecule has 3 rings (SSSR count). The van der Waals surface area contributed by atoms with Gasteiger partial charge in [-0.2, -0.15) is 15.5 Å². The maximum atomic E-state index is 9.28. The topological polar surface area (TPSA) is 67.4 Å². The summed E-state index contributed by atoms with van der Waals surface area (Å²) in [5, 5.41) is 22.5. The van der Waals surface area contributed by atoms with Crippen molar-refractivity contribution >= 4 is 22.5 Å². The molecule has 0 saturated carbocycles. The highest BCUT2D eigenvalue weighted by atomic mass is 35.5. The van der Waals surface area contributed by atoms with Gasteiger partial charge >= 0.3 is 0 Å². The Hall–Kier alpha value is -2.45. The summed E-state index contributed by atoms with van der Waals surface area (Å²) < 4.78 is 1.74. The van der Waals surface area contributed by atoms with E-state index in [1.54, 1.807) is 23.1 Å². The number of hydrogen-bond acceptors (Lipinski definition) is 4. The Morgan fingerprint density at radius 1 is 1.24 bits per heavy atom. The molecule has 0 fully saturated rings. The zero-order chi connectivity index (χ0) is 15.0. The number of benzene rings is 1. The molecule has 1 aromatic carbocycles. The quantitative estimate of drug-likeness (QED) is 0.728. The Balaban J connectivity index is 2.22. The number of hydrogen-bond donors (Lipinski definition) is 0. The monoisotopic (exact) mass is 297 g/mol. The lowest BCUT2D eigenvalue weighted by Gasteiger charge is -2.16. The van der Waals surface area contributed by atoms with Gasteiger partial charge in [-0.25, -0.2) is 4.68 Å². The highest BCUT2D eigenvalue weighted by molar-refractivity contribution is 6.29. The summed E-state index contributed by atoms with van der Waals surface area (Å²) in [6, 6.07) is 9.89. The molecule has 0 atom stereocenters. The third kappa shape index (κ3) is 2.34. The number of aromatic nitrogens is 4. The van der Waals surface area contributed by atoms with E-state index in [9.17, 15) is 5.26 Å². The van der Waals surface area contributed by atoms with Crippen molar-refractivity contribution in [3.8, 4) is 11.8 Å². The molecule has 3 aromatic rings. The number of nitrogens with zero attached hydrogens (tertiary/aromatic N) is 5. The van der Waals surface area contributed by atoms with Gasteiger partial charge in [0.15, 0.2) is 5.15 Å². The van der Waals surface area contributed by atoms with Crippen LogP contribution < -0.4 is 0 Å². The van der Waals surface area contributed by atoms with Crippen molar-refractivity contribution in [2.45, 2.75) is 19.3 Å². The van der Waals surface area contributed by atoms with E-state index in [-0.39, 0.29) is 0 Å². The highest BCUT2D eigenvalue weighted by Gasteiger charge is 2.20. The zero-order valence-electron chi connectivity index (χ0n) is 11.6. The van der Waals surface area contributed by atoms with Crippen LogP contribution in [0.3, 0.4) is 0 Å². The molecule has 0 spiro atoms. The van der Waals surface area contributed by atoms with E-state index in [0.717, 1.165) is 22.2 Å². The van der Waals surface area contributed by atoms with E-state index in [4.69, 9.17) is 11.6 Å². The molecule has 0 aliphatic rings. The Morgan fingerprint density at radius 3 is 2.76 bits per heavy atom. The molecule has 2 aromatic heterocycles. The summed E-state index contributed by atoms with van der Waals surface area (Å²) in [5.74, 6) is 0. The number of fused-ring (bicyclic) bond motifs is 1. The Labute approximate surface area is 126 Å². The number of halogens is 1. The third-order valence-electron chi connectivity index (χ3n) is 3.43. The van der Waals surface area contributed by atoms with Crippen LogP contribution in [-0.2, 0) is 5.41 Å². The van der Waals surface area contributed by atoms with Gasteiger partial charge in [0, 0.05) is 11.5 Å². The van der Waals surface area contributed by atoms with Crippen LogP contribution in [0.2, 0.25) is 5.15 Å². The fourth-order valence-corrected chi connectivity index (χ4v) is 2.28. The van der Waals surface area contributed by atoms with Crippen molar-refractivity contribution in [1.29, 1.82) is 5.26 Å². The average Bonchev–Trinajstić information content (AvgIpc) is 2.90. The third-order valence-corrected chi connectivity index (χ3v) is 3.61. The van der Waals surface area contributed by atoms with Crippen molar-refractivity contribution in [3.05, 3.63) is 47.4 Å². The molecular formula is C15H12ClN5. The molecule has 21 heavy (non-hydrogen) atoms. The smallest absolute Gasteiger partial charge is 0.153 e. The molecule has 6 heteroatoms. The predicted octanol–water partition coefficient (Wildman–Crippen LogP) is 3.27. The van der Waals surface area contributed by atoms with Crippen LogP contribution in [0, 0.1) is 11.3 Å². The summed E-state index contributed by atoms with van der Waals surface area (Å²) in [6.07, 6.45) is 3.37. The Kier molecular flexibility index (Phi) is 3.11. The molecule has 0 radical (unpaired) electrons. The average molecular weight is 298 g/mol. The lowest BCUT2D eigenvalue weighted by molar-refractivity contribution is 0.687. The second-order valence-corrected chi connectivity index (χ2v) is 5.69. The fourth-order valence-electron chi connectivity index (χ4n) is 2.12. The first kappa shape index (κ1) is 13.5. The van der Waals surface area contributed by atoms with Crippen molar-refractivity contribution in [2.75, 3.05) is 0 Å². The molecular weight excluding hydrogens is 286 g/mol. The van der Waals surface area contributed by atoms with Gasteiger partial charge in [0.1, 0.15) is 0 Å². The van der Waals surface area contributed by atoms with Crippen molar-refractivity contribution in [2.24, 2.45) is 0 Å². The lowest BCUT2D eigenvalue weighted by Crippen LogP contribution is -2.13. The second-order valence-electron chi connectivity index (χ2n) is 5.30. The largest absolute Gasteiger partial charge is 0.231 e. The zero-order valence-corrected chi connectivity index (χ0v) is 12.3. The molecule has 5 nitrogen and oxygen atoms in total. The summed E-state index contributed by atoms with van der Waals surface area (Å²) in [4.78, 5) is 0. The molecule has 0 saturated heterocycles. The van der Waals surface area contributed by atoms with E-state index in [0.29, 0.717) is 5.15 Å². The van der Waals surface area contributed by atoms with Crippen molar-refractivity contribution in [1.82, 2.24) is 20.0 Å². The van der Waals surface area contributed by atoms with Gasteiger partial charge in [-0.05, 0) is 25.5 Å². The minimum absolute atomic E-state index is 0.310. The van der Waals surface area contributed by atoms with Crippen LogP contribution in [0.5, 0.6) is 0 Å². The van der Waals surface area contributed by atoms with Crippen LogP contribution in [0.4, 0.5) is 0 Å². The molecule has 104 valence electrons. The molecule has 0 aliphatic heterocycles. The van der Waals surface area contributed by atoms with Gasteiger partial charge in [-0.3, -0.25) is 0 Å². The van der Waals surface area contributed by atoms with Gasteiger partial charge in [0.05, 0.1) is 35.1 Å². The molecule has 0 bridgehead atoms. The molecule has 0 unspecified atom stereocenters. The maximum absolute atomic E-state index is 9.28. The minimum atomic E-state index is -0.558. The van der Waals surface area contributed by atoms with Crippen LogP contribution in [-0.4, -0.2) is 20.0 Å². The first-order valence-corrected chi connectivity index (χ1v) is 6.77. The van der Waals surface area contributed by atoms with Gasteiger partial charge < -0.3 is 0 Å². The Morgan fingerprint density at radius 2 is 2.05 bits per heavy atom. The van der Waals surface area contributed by atoms with Crippen LogP contribution in [0.1, 0.15) is 19.4 Å². The van der Waals surface area contributed by atoms with E-state index in [2.05, 4.69) is 21.4 Å². The number of nitriles is 1. The molecule has 0 N–H and O–H groups in total. The lowest BCUT2D eigenvalue weighted by atomic mass is 9.86. The summed E-state index contributed by atoms with van der Waals surface area (Å²) in [5.41, 5.74) is 2.02. The highest BCUT2D eigenvalue weighted by Crippen LogP contribution is 2.27. The van der Waals surface area contributed by atoms with Crippen LogP contribution in [0.25, 0.3) is 16.6 Å². The SMILES string of the molecule is CC(C)(C#N)c1ccc2cnn(-c3cnnc(Cl)c3)c2c1. The summed E-state index contributed by atoms with van der Waals surface area (Å²) >= 11 is 5.88. The van der Waals surface area contributed by atoms with Crippen molar-refractivity contribution in [3.63, 3.8) is 0 Å². The summed E-state index contributed by atoms with van der Waals surface area (Å²) in [6.45, 7) is 3.78. The van der Waals surface area contributed by atoms with E-state index in [1.807, 2.05) is 32.0 Å². The van der Waals surface area contributed by atoms with E-state index in [1.165, 1.54) is 0 Å². The minimum Gasteiger partial charge on any atom is -0.231 e. The molecule has 0 aliphatic carbocycles. The molecule has 2 heterocycles. The van der Waals surface area contributed by atoms with Gasteiger partial charge in [-0.1, -0.05) is 23.7 Å². The van der Waals surface area contributed by atoms with Gasteiger partial charge in [0.2, 0.25) is 0 Å². The van der Waals surface area contributed by atoms with Crippen molar-refractivity contribution < 1.29 is 0 Å². The maximum Gasteiger partial charge on any atom is 0.153 e. The first-order valence-electron chi connectivity index (χ1n) is 6.39. The first-order chi connectivity index (χ1) is 10.0. The van der Waals surface area contributed by atoms with Gasteiger partial charge in [0.25, 0.3) is 0 Å². The predicted molar refractivity (Wildman–Crippen MR) is 80.3 cm³/mol. The number of rotatable bonds is 2. The fraction of sp³-hybridized carbons (Fsp3) is 0.200. The summed E-state index contributed by atoms with van der Waals surface area (Å²) in [7, 11) is 0. The van der Waals surface area contributed by atoms with E-state index >= 15 is 0 Å². The van der Waals surface area contributed by atoms with Crippen LogP contribution in [0.15, 0.2) is 36.7 Å². The normalized spacial score (nSPS) is 11.5. The second kappa shape index (κ2) is 4.83. The van der Waals surface area contributed by atoms with Crippen LogP contribution >= 0.6 is 11.6 Å². The standard InChI is InChI=1S/C15H12ClN5/c1-15(2,9-17)11-4-3-10-7-19-21(13(10)5-11)12-6-14(16)20-18-8-12/h3-8H,1-2H3. The molecule has 0 amide bonds. The Bertz CT molecular complexity index is 860. The van der Waals surface area contributed by atoms with Gasteiger partial charge in [-0.15, -0.1) is 5.10 Å². The van der Waals surface area contributed by atoms with E-state index < -0.39 is 5.41 Å².